The summed E-state index contributed by atoms with van der Waals surface area (Å²) in [6.07, 6.45) is 1.19. The third-order valence-corrected chi connectivity index (χ3v) is 6.09. The van der Waals surface area contributed by atoms with Crippen molar-refractivity contribution < 1.29 is 0 Å². The molecule has 29 heavy (non-hydrogen) atoms. The third kappa shape index (κ3) is 2.91. The summed E-state index contributed by atoms with van der Waals surface area (Å²) in [7, 11) is 4.29. The monoisotopic (exact) mass is 387 g/mol. The van der Waals surface area contributed by atoms with Crippen molar-refractivity contribution in [3.63, 3.8) is 0 Å². The average Bonchev–Trinajstić information content (AvgIpc) is 3.34. The first-order valence-electron chi connectivity index (χ1n) is 10.0. The minimum atomic E-state index is -0.0855. The molecule has 0 bridgehead atoms. The number of nitrogens with zero attached hydrogens (tertiary/aromatic N) is 4. The van der Waals surface area contributed by atoms with Crippen LogP contribution in [0.15, 0.2) is 53.3 Å². The second-order valence-electron chi connectivity index (χ2n) is 8.09. The number of nitrogens with one attached hydrogen (secondary N) is 1. The van der Waals surface area contributed by atoms with Crippen LogP contribution in [0.4, 0.5) is 5.69 Å². The molecule has 2 aromatic heterocycles. The number of aromatic nitrogens is 3. The van der Waals surface area contributed by atoms with Gasteiger partial charge in [0.05, 0.1) is 11.4 Å². The number of likely N-dealkylation sites (N-methyl/N-ethyl adjacent to an activating group) is 1. The van der Waals surface area contributed by atoms with Crippen LogP contribution in [0.25, 0.3) is 27.5 Å². The zero-order valence-electron chi connectivity index (χ0n) is 17.0. The number of H-pyrrole nitrogens is 1. The van der Waals surface area contributed by atoms with Crippen molar-refractivity contribution >= 4 is 27.5 Å². The number of aromatic amines is 1. The standard InChI is InChI=1S/C23H25N5O/c1-15-21-19-6-4-5-7-20(19)23(29)24-22(21)28(25-15)17-10-8-16(9-11-17)27-13-12-18(14-27)26(2)3/h4-11,18H,12-14H2,1-3H3,(H,24,29). The molecule has 0 spiro atoms. The number of rotatable bonds is 3. The fourth-order valence-electron chi connectivity index (χ4n) is 4.43. The van der Waals surface area contributed by atoms with Crippen LogP contribution in [0.1, 0.15) is 12.1 Å². The topological polar surface area (TPSA) is 57.2 Å². The Bertz CT molecular complexity index is 1250. The summed E-state index contributed by atoms with van der Waals surface area (Å²) in [5.74, 6) is 0. The van der Waals surface area contributed by atoms with E-state index in [2.05, 4.69) is 53.1 Å². The summed E-state index contributed by atoms with van der Waals surface area (Å²) in [6, 6.07) is 16.8. The second kappa shape index (κ2) is 6.74. The Balaban J connectivity index is 1.56. The summed E-state index contributed by atoms with van der Waals surface area (Å²) >= 11 is 0. The lowest BCUT2D eigenvalue weighted by atomic mass is 10.1. The minimum Gasteiger partial charge on any atom is -0.370 e. The van der Waals surface area contributed by atoms with E-state index in [1.54, 1.807) is 0 Å². The van der Waals surface area contributed by atoms with Gasteiger partial charge < -0.3 is 14.8 Å². The van der Waals surface area contributed by atoms with Gasteiger partial charge in [0.25, 0.3) is 5.56 Å². The highest BCUT2D eigenvalue weighted by atomic mass is 16.1. The summed E-state index contributed by atoms with van der Waals surface area (Å²) in [4.78, 5) is 20.4. The number of pyridine rings is 1. The summed E-state index contributed by atoms with van der Waals surface area (Å²) in [6.45, 7) is 4.12. The Morgan fingerprint density at radius 2 is 1.72 bits per heavy atom. The normalized spacial score (nSPS) is 17.1. The van der Waals surface area contributed by atoms with E-state index in [4.69, 9.17) is 5.10 Å². The van der Waals surface area contributed by atoms with Crippen LogP contribution in [0, 0.1) is 6.92 Å². The SMILES string of the molecule is Cc1nn(-c2ccc(N3CCC(N(C)C)C3)cc2)c2[nH]c(=O)c3ccccc3c12. The number of anilines is 1. The van der Waals surface area contributed by atoms with Crippen LogP contribution in [0.2, 0.25) is 0 Å². The van der Waals surface area contributed by atoms with E-state index in [-0.39, 0.29) is 5.56 Å². The molecule has 1 unspecified atom stereocenters. The molecule has 148 valence electrons. The van der Waals surface area contributed by atoms with Crippen LogP contribution in [0.5, 0.6) is 0 Å². The highest BCUT2D eigenvalue weighted by Crippen LogP contribution is 2.28. The quantitative estimate of drug-likeness (QED) is 0.586. The molecule has 0 radical (unpaired) electrons. The molecule has 1 aliphatic rings. The van der Waals surface area contributed by atoms with Crippen LogP contribution in [-0.2, 0) is 0 Å². The highest BCUT2D eigenvalue weighted by molar-refractivity contribution is 6.05. The minimum absolute atomic E-state index is 0.0855. The largest absolute Gasteiger partial charge is 0.370 e. The zero-order chi connectivity index (χ0) is 20.1. The Morgan fingerprint density at radius 3 is 2.41 bits per heavy atom. The van der Waals surface area contributed by atoms with E-state index >= 15 is 0 Å². The van der Waals surface area contributed by atoms with Crippen LogP contribution >= 0.6 is 0 Å². The fraction of sp³-hybridized carbons (Fsp3) is 0.304. The van der Waals surface area contributed by atoms with Crippen molar-refractivity contribution in [1.82, 2.24) is 19.7 Å². The fourth-order valence-corrected chi connectivity index (χ4v) is 4.43. The summed E-state index contributed by atoms with van der Waals surface area (Å²) < 4.78 is 1.84. The molecule has 0 saturated carbocycles. The lowest BCUT2D eigenvalue weighted by Gasteiger charge is -2.22. The van der Waals surface area contributed by atoms with Crippen LogP contribution in [0.3, 0.4) is 0 Å². The molecule has 5 rings (SSSR count). The van der Waals surface area contributed by atoms with Crippen molar-refractivity contribution in [2.24, 2.45) is 0 Å². The lowest BCUT2D eigenvalue weighted by molar-refractivity contribution is 0.315. The van der Waals surface area contributed by atoms with Crippen molar-refractivity contribution in [3.05, 3.63) is 64.6 Å². The molecule has 3 heterocycles. The molecule has 2 aromatic carbocycles. The Labute approximate surface area is 169 Å². The van der Waals surface area contributed by atoms with Gasteiger partial charge in [-0.2, -0.15) is 5.10 Å². The van der Waals surface area contributed by atoms with E-state index < -0.39 is 0 Å². The molecule has 1 fully saturated rings. The van der Waals surface area contributed by atoms with Gasteiger partial charge in [-0.1, -0.05) is 18.2 Å². The van der Waals surface area contributed by atoms with Crippen molar-refractivity contribution in [2.45, 2.75) is 19.4 Å². The second-order valence-corrected chi connectivity index (χ2v) is 8.09. The smallest absolute Gasteiger partial charge is 0.257 e. The van der Waals surface area contributed by atoms with Gasteiger partial charge in [-0.15, -0.1) is 0 Å². The molecule has 0 amide bonds. The molecule has 1 aliphatic heterocycles. The summed E-state index contributed by atoms with van der Waals surface area (Å²) in [5.41, 5.74) is 3.74. The number of aryl methyl sites for hydroxylation is 1. The zero-order valence-corrected chi connectivity index (χ0v) is 17.0. The van der Waals surface area contributed by atoms with Gasteiger partial charge in [0.2, 0.25) is 0 Å². The van der Waals surface area contributed by atoms with Gasteiger partial charge in [-0.25, -0.2) is 4.68 Å². The van der Waals surface area contributed by atoms with E-state index in [1.165, 1.54) is 12.1 Å². The first-order chi connectivity index (χ1) is 14.0. The lowest BCUT2D eigenvalue weighted by Crippen LogP contribution is -2.31. The molecule has 1 N–H and O–H groups in total. The van der Waals surface area contributed by atoms with Gasteiger partial charge >= 0.3 is 0 Å². The number of benzene rings is 2. The predicted octanol–water partition coefficient (Wildman–Crippen LogP) is 3.32. The Hall–Kier alpha value is -3.12. The molecule has 1 saturated heterocycles. The molecule has 0 aliphatic carbocycles. The first kappa shape index (κ1) is 17.9. The van der Waals surface area contributed by atoms with E-state index in [9.17, 15) is 4.79 Å². The summed E-state index contributed by atoms with van der Waals surface area (Å²) in [5, 5.41) is 7.38. The van der Waals surface area contributed by atoms with Crippen LogP contribution < -0.4 is 10.5 Å². The highest BCUT2D eigenvalue weighted by Gasteiger charge is 2.24. The van der Waals surface area contributed by atoms with Gasteiger partial charge in [0.15, 0.2) is 0 Å². The molecule has 6 heteroatoms. The van der Waals surface area contributed by atoms with Gasteiger partial charge in [-0.05, 0) is 57.8 Å². The molecular formula is C23H25N5O. The number of hydrogen-bond acceptors (Lipinski definition) is 4. The van der Waals surface area contributed by atoms with E-state index in [0.29, 0.717) is 11.4 Å². The molecule has 1 atom stereocenters. The van der Waals surface area contributed by atoms with Crippen LogP contribution in [-0.4, -0.2) is 52.9 Å². The van der Waals surface area contributed by atoms with Gasteiger partial charge in [0, 0.05) is 41.0 Å². The molecular weight excluding hydrogens is 362 g/mol. The maximum absolute atomic E-state index is 12.6. The molecule has 4 aromatic rings. The maximum Gasteiger partial charge on any atom is 0.257 e. The van der Waals surface area contributed by atoms with E-state index in [0.717, 1.165) is 40.9 Å². The predicted molar refractivity (Wildman–Crippen MR) is 118 cm³/mol. The van der Waals surface area contributed by atoms with Crippen molar-refractivity contribution in [1.29, 1.82) is 0 Å². The van der Waals surface area contributed by atoms with Gasteiger partial charge in [-0.3, -0.25) is 4.79 Å². The van der Waals surface area contributed by atoms with E-state index in [1.807, 2.05) is 35.9 Å². The Kier molecular flexibility index (Phi) is 4.17. The Morgan fingerprint density at radius 1 is 1.03 bits per heavy atom. The first-order valence-corrected chi connectivity index (χ1v) is 10.0. The maximum atomic E-state index is 12.6. The number of hydrogen-bond donors (Lipinski definition) is 1. The van der Waals surface area contributed by atoms with Crippen molar-refractivity contribution in [3.8, 4) is 5.69 Å². The van der Waals surface area contributed by atoms with Crippen molar-refractivity contribution in [2.75, 3.05) is 32.1 Å². The molecule has 6 nitrogen and oxygen atoms in total. The number of fused-ring (bicyclic) bond motifs is 3. The average molecular weight is 387 g/mol. The van der Waals surface area contributed by atoms with Gasteiger partial charge in [0.1, 0.15) is 5.65 Å². The third-order valence-electron chi connectivity index (χ3n) is 6.09.